The fourth-order valence-electron chi connectivity index (χ4n) is 4.42. The molecule has 0 saturated carbocycles. The Morgan fingerprint density at radius 2 is 1.65 bits per heavy atom. The Hall–Kier alpha value is -2.41. The highest BCUT2D eigenvalue weighted by Crippen LogP contribution is 2.39. The average molecular weight is 359 g/mol. The molecule has 140 valence electrons. The molecule has 2 saturated heterocycles. The highest BCUT2D eigenvalue weighted by Gasteiger charge is 2.58. The van der Waals surface area contributed by atoms with Crippen molar-refractivity contribution in [1.29, 1.82) is 0 Å². The summed E-state index contributed by atoms with van der Waals surface area (Å²) in [6.45, 7) is 7.60. The molecule has 3 amide bonds. The van der Waals surface area contributed by atoms with Gasteiger partial charge in [0.1, 0.15) is 17.8 Å². The van der Waals surface area contributed by atoms with Gasteiger partial charge >= 0.3 is 12.0 Å². The van der Waals surface area contributed by atoms with E-state index in [0.717, 1.165) is 4.90 Å². The molecular formula is C19H25N3O4. The second-order valence-corrected chi connectivity index (χ2v) is 8.44. The van der Waals surface area contributed by atoms with Crippen molar-refractivity contribution in [1.82, 2.24) is 15.5 Å². The molecule has 2 N–H and O–H groups in total. The van der Waals surface area contributed by atoms with Gasteiger partial charge in [0.2, 0.25) is 0 Å². The smallest absolute Gasteiger partial charge is 0.331 e. The normalized spacial score (nSPS) is 23.0. The summed E-state index contributed by atoms with van der Waals surface area (Å²) in [5, 5.41) is 6.33. The summed E-state index contributed by atoms with van der Waals surface area (Å²) in [5.74, 6) is -0.636. The molecule has 1 aromatic rings. The molecule has 0 atom stereocenters. The monoisotopic (exact) mass is 359 g/mol. The van der Waals surface area contributed by atoms with Gasteiger partial charge in [-0.2, -0.15) is 0 Å². The standard InChI is InChI=1S/C19H25N3O4/c1-17(2)11-19(12-18(3,4)21-17)15(24)22(16(25)20-19)10-14(23)26-13-8-6-5-7-9-13/h5-9,21H,10-12H2,1-4H3,(H,20,25). The third-order valence-corrected chi connectivity index (χ3v) is 4.67. The molecule has 7 heteroatoms. The molecule has 1 spiro atoms. The van der Waals surface area contributed by atoms with E-state index >= 15 is 0 Å². The quantitative estimate of drug-likeness (QED) is 0.488. The van der Waals surface area contributed by atoms with Crippen molar-refractivity contribution in [3.05, 3.63) is 30.3 Å². The second kappa shape index (κ2) is 6.09. The summed E-state index contributed by atoms with van der Waals surface area (Å²) in [6.07, 6.45) is 0.913. The first-order valence-corrected chi connectivity index (χ1v) is 8.71. The minimum atomic E-state index is -0.998. The lowest BCUT2D eigenvalue weighted by Gasteiger charge is -2.50. The second-order valence-electron chi connectivity index (χ2n) is 8.44. The van der Waals surface area contributed by atoms with Crippen LogP contribution in [0, 0.1) is 0 Å². The third-order valence-electron chi connectivity index (χ3n) is 4.67. The maximum absolute atomic E-state index is 13.1. The number of piperidine rings is 1. The van der Waals surface area contributed by atoms with Crippen molar-refractivity contribution in [2.45, 2.75) is 57.2 Å². The van der Waals surface area contributed by atoms with Gasteiger partial charge in [0.15, 0.2) is 0 Å². The lowest BCUT2D eigenvalue weighted by molar-refractivity contribution is -0.142. The van der Waals surface area contributed by atoms with Crippen molar-refractivity contribution < 1.29 is 19.1 Å². The third kappa shape index (κ3) is 3.58. The number of amides is 3. The van der Waals surface area contributed by atoms with Crippen molar-refractivity contribution in [3.63, 3.8) is 0 Å². The highest BCUT2D eigenvalue weighted by atomic mass is 16.5. The minimum Gasteiger partial charge on any atom is -0.425 e. The fraction of sp³-hybridized carbons (Fsp3) is 0.526. The maximum Gasteiger partial charge on any atom is 0.331 e. The van der Waals surface area contributed by atoms with Gasteiger partial charge in [-0.15, -0.1) is 0 Å². The SMILES string of the molecule is CC1(C)CC2(CC(C)(C)N1)NC(=O)N(CC(=O)Oc1ccccc1)C2=O. The number of carbonyl (C=O) groups is 3. The summed E-state index contributed by atoms with van der Waals surface area (Å²) in [7, 11) is 0. The van der Waals surface area contributed by atoms with Gasteiger partial charge in [-0.1, -0.05) is 18.2 Å². The van der Waals surface area contributed by atoms with Crippen LogP contribution in [0.5, 0.6) is 5.75 Å². The Labute approximate surface area is 153 Å². The molecule has 3 rings (SSSR count). The number of imide groups is 1. The fourth-order valence-corrected chi connectivity index (χ4v) is 4.42. The molecule has 2 heterocycles. The van der Waals surface area contributed by atoms with Crippen LogP contribution in [-0.2, 0) is 9.59 Å². The molecule has 7 nitrogen and oxygen atoms in total. The summed E-state index contributed by atoms with van der Waals surface area (Å²) in [4.78, 5) is 38.6. The molecule has 2 fully saturated rings. The van der Waals surface area contributed by atoms with Crippen LogP contribution in [0.15, 0.2) is 30.3 Å². The van der Waals surface area contributed by atoms with E-state index in [0.29, 0.717) is 18.6 Å². The van der Waals surface area contributed by atoms with Gasteiger partial charge in [-0.3, -0.25) is 9.69 Å². The summed E-state index contributed by atoms with van der Waals surface area (Å²) < 4.78 is 5.21. The van der Waals surface area contributed by atoms with Crippen LogP contribution in [0.3, 0.4) is 0 Å². The van der Waals surface area contributed by atoms with Gasteiger partial charge < -0.3 is 15.4 Å². The molecule has 2 aliphatic rings. The van der Waals surface area contributed by atoms with Crippen LogP contribution >= 0.6 is 0 Å². The molecule has 26 heavy (non-hydrogen) atoms. The highest BCUT2D eigenvalue weighted by molar-refractivity contribution is 6.09. The first-order chi connectivity index (χ1) is 12.0. The lowest BCUT2D eigenvalue weighted by atomic mass is 9.71. The summed E-state index contributed by atoms with van der Waals surface area (Å²) in [6, 6.07) is 8.02. The first-order valence-electron chi connectivity index (χ1n) is 8.71. The van der Waals surface area contributed by atoms with Gasteiger partial charge in [-0.05, 0) is 52.7 Å². The molecule has 2 aliphatic heterocycles. The molecule has 0 aromatic heterocycles. The number of esters is 1. The van der Waals surface area contributed by atoms with Crippen molar-refractivity contribution in [2.75, 3.05) is 6.54 Å². The number of nitrogens with one attached hydrogen (secondary N) is 2. The first kappa shape index (κ1) is 18.4. The Morgan fingerprint density at radius 3 is 2.23 bits per heavy atom. The lowest BCUT2D eigenvalue weighted by Crippen LogP contribution is -2.68. The predicted octanol–water partition coefficient (Wildman–Crippen LogP) is 1.82. The number of para-hydroxylation sites is 1. The zero-order valence-corrected chi connectivity index (χ0v) is 15.6. The van der Waals surface area contributed by atoms with Crippen molar-refractivity contribution >= 4 is 17.9 Å². The van der Waals surface area contributed by atoms with E-state index in [4.69, 9.17) is 4.74 Å². The number of nitrogens with zero attached hydrogens (tertiary/aromatic N) is 1. The number of hydrogen-bond donors (Lipinski definition) is 2. The molecule has 0 unspecified atom stereocenters. The number of benzene rings is 1. The zero-order valence-electron chi connectivity index (χ0n) is 15.6. The van der Waals surface area contributed by atoms with Gasteiger partial charge in [0.05, 0.1) is 0 Å². The molecule has 0 radical (unpaired) electrons. The van der Waals surface area contributed by atoms with E-state index in [1.165, 1.54) is 0 Å². The predicted molar refractivity (Wildman–Crippen MR) is 95.6 cm³/mol. The van der Waals surface area contributed by atoms with E-state index in [9.17, 15) is 14.4 Å². The van der Waals surface area contributed by atoms with Crippen LogP contribution in [0.25, 0.3) is 0 Å². The Bertz CT molecular complexity index is 726. The van der Waals surface area contributed by atoms with Crippen LogP contribution < -0.4 is 15.4 Å². The van der Waals surface area contributed by atoms with E-state index in [2.05, 4.69) is 10.6 Å². The number of urea groups is 1. The topological polar surface area (TPSA) is 87.7 Å². The average Bonchev–Trinajstić information content (AvgIpc) is 2.68. The molecule has 0 aliphatic carbocycles. The van der Waals surface area contributed by atoms with Crippen LogP contribution in [0.1, 0.15) is 40.5 Å². The zero-order chi connectivity index (χ0) is 19.2. The Balaban J connectivity index is 1.75. The number of ether oxygens (including phenoxy) is 1. The molecule has 1 aromatic carbocycles. The number of carbonyl (C=O) groups excluding carboxylic acids is 3. The van der Waals surface area contributed by atoms with Gasteiger partial charge in [0.25, 0.3) is 5.91 Å². The van der Waals surface area contributed by atoms with Gasteiger partial charge in [-0.25, -0.2) is 9.59 Å². The molecular weight excluding hydrogens is 334 g/mol. The minimum absolute atomic E-state index is 0.328. The van der Waals surface area contributed by atoms with Crippen LogP contribution in [0.2, 0.25) is 0 Å². The largest absolute Gasteiger partial charge is 0.425 e. The Morgan fingerprint density at radius 1 is 1.08 bits per heavy atom. The van der Waals surface area contributed by atoms with Crippen LogP contribution in [0.4, 0.5) is 4.79 Å². The Kier molecular flexibility index (Phi) is 4.30. The summed E-state index contributed by atoms with van der Waals surface area (Å²) >= 11 is 0. The van der Waals surface area contributed by atoms with Crippen molar-refractivity contribution in [3.8, 4) is 5.75 Å². The van der Waals surface area contributed by atoms with E-state index in [-0.39, 0.29) is 17.0 Å². The van der Waals surface area contributed by atoms with E-state index in [1.807, 2.05) is 27.7 Å². The van der Waals surface area contributed by atoms with E-state index in [1.54, 1.807) is 30.3 Å². The van der Waals surface area contributed by atoms with E-state index < -0.39 is 24.1 Å². The van der Waals surface area contributed by atoms with Crippen LogP contribution in [-0.4, -0.2) is 46.0 Å². The summed E-state index contributed by atoms with van der Waals surface area (Å²) in [5.41, 5.74) is -1.65. The van der Waals surface area contributed by atoms with Gasteiger partial charge in [0, 0.05) is 11.1 Å². The number of rotatable bonds is 3. The van der Waals surface area contributed by atoms with Crippen molar-refractivity contribution in [2.24, 2.45) is 0 Å². The number of hydrogen-bond acceptors (Lipinski definition) is 5. The maximum atomic E-state index is 13.1. The molecule has 0 bridgehead atoms.